The molecule has 4 unspecified atom stereocenters. The molecule has 4 aromatic carbocycles. The van der Waals surface area contributed by atoms with Gasteiger partial charge in [0.1, 0.15) is 11.5 Å². The highest BCUT2D eigenvalue weighted by molar-refractivity contribution is 9.10. The number of benzene rings is 4. The van der Waals surface area contributed by atoms with Gasteiger partial charge in [0, 0.05) is 27.0 Å². The number of halogens is 1. The third-order valence-corrected chi connectivity index (χ3v) is 9.41. The largest absolute Gasteiger partial charge is 0.454 e. The van der Waals surface area contributed by atoms with E-state index in [-0.39, 0.29) is 24.3 Å². The second-order valence-corrected chi connectivity index (χ2v) is 11.8. The summed E-state index contributed by atoms with van der Waals surface area (Å²) in [6.45, 7) is 0.0677. The first-order valence-electron chi connectivity index (χ1n) is 13.7. The van der Waals surface area contributed by atoms with Gasteiger partial charge in [-0.1, -0.05) is 76.6 Å². The average Bonchev–Trinajstić information content (AvgIpc) is 3.70. The number of carbonyl (C=O) groups excluding carboxylic acids is 3. The molecule has 0 bridgehead atoms. The molecule has 4 aliphatic heterocycles. The lowest BCUT2D eigenvalue weighted by Crippen LogP contribution is -2.51. The lowest BCUT2D eigenvalue weighted by atomic mass is 9.64. The van der Waals surface area contributed by atoms with Crippen LogP contribution >= 0.6 is 15.9 Å². The quantitative estimate of drug-likeness (QED) is 0.281. The Balaban J connectivity index is 1.41. The predicted molar refractivity (Wildman–Crippen MR) is 161 cm³/mol. The maximum atomic E-state index is 14.9. The molecule has 0 aliphatic carbocycles. The molecule has 8 heteroatoms. The first-order valence-corrected chi connectivity index (χ1v) is 14.5. The Morgan fingerprint density at radius 2 is 1.60 bits per heavy atom. The van der Waals surface area contributed by atoms with E-state index in [0.29, 0.717) is 33.9 Å². The van der Waals surface area contributed by atoms with E-state index >= 15 is 0 Å². The summed E-state index contributed by atoms with van der Waals surface area (Å²) in [5, 5.41) is 3.06. The van der Waals surface area contributed by atoms with Gasteiger partial charge in [0.15, 0.2) is 23.1 Å². The number of carbonyl (C=O) groups is 3. The third-order valence-electron chi connectivity index (χ3n) is 8.88. The number of ether oxygens (including phenoxy) is 2. The van der Waals surface area contributed by atoms with Crippen LogP contribution in [-0.4, -0.2) is 36.4 Å². The van der Waals surface area contributed by atoms with Gasteiger partial charge in [-0.05, 0) is 53.6 Å². The Labute approximate surface area is 249 Å². The summed E-state index contributed by atoms with van der Waals surface area (Å²) in [6.07, 6.45) is 3.96. The molecule has 4 aromatic rings. The number of fused-ring (bicyclic) bond motifs is 7. The zero-order valence-electron chi connectivity index (χ0n) is 22.1. The molecule has 1 saturated heterocycles. The van der Waals surface area contributed by atoms with Crippen LogP contribution in [0.4, 0.5) is 11.4 Å². The lowest BCUT2D eigenvalue weighted by molar-refractivity contribution is -0.121. The van der Waals surface area contributed by atoms with Gasteiger partial charge < -0.3 is 19.7 Å². The van der Waals surface area contributed by atoms with Gasteiger partial charge >= 0.3 is 0 Å². The van der Waals surface area contributed by atoms with E-state index in [9.17, 15) is 14.4 Å². The number of Topliss-reactive ketones (excluding diaryl/α,β-unsaturated/α-hetero) is 2. The molecule has 4 heterocycles. The third kappa shape index (κ3) is 3.35. The first-order chi connectivity index (χ1) is 20.5. The molecule has 8 rings (SSSR count). The highest BCUT2D eigenvalue weighted by Crippen LogP contribution is 2.58. The Morgan fingerprint density at radius 1 is 0.857 bits per heavy atom. The molecule has 4 aliphatic rings. The number of hydrogen-bond acceptors (Lipinski definition) is 6. The molecule has 1 fully saturated rings. The Kier molecular flexibility index (Phi) is 5.46. The second-order valence-electron chi connectivity index (χ2n) is 10.9. The molecule has 4 atom stereocenters. The number of ketones is 2. The van der Waals surface area contributed by atoms with Crippen molar-refractivity contribution in [1.29, 1.82) is 0 Å². The number of amides is 1. The summed E-state index contributed by atoms with van der Waals surface area (Å²) < 4.78 is 11.9. The van der Waals surface area contributed by atoms with E-state index in [0.717, 1.165) is 15.7 Å². The molecule has 1 spiro atoms. The van der Waals surface area contributed by atoms with Crippen molar-refractivity contribution >= 4 is 50.9 Å². The van der Waals surface area contributed by atoms with E-state index in [1.165, 1.54) is 0 Å². The summed E-state index contributed by atoms with van der Waals surface area (Å²) in [4.78, 5) is 46.1. The number of nitrogens with zero attached hydrogens (tertiary/aromatic N) is 1. The van der Waals surface area contributed by atoms with E-state index in [4.69, 9.17) is 9.47 Å². The standard InChI is InChI=1S/C34H23BrN2O5/c35-22-13-9-20(10-14-22)32(39)30-29(31(38)21-11-15-26-27(17-21)42-18-41-26)34(23-6-2-3-7-24(23)36-33(34)40)28-16-12-19-5-1-4-8-25(19)37(28)30/h1-17,28-30H,18H2,(H,36,40). The monoisotopic (exact) mass is 618 g/mol. The summed E-state index contributed by atoms with van der Waals surface area (Å²) in [6, 6.07) is 25.9. The minimum absolute atomic E-state index is 0.0677. The van der Waals surface area contributed by atoms with Gasteiger partial charge in [-0.2, -0.15) is 0 Å². The number of hydrogen-bond donors (Lipinski definition) is 1. The number of para-hydroxylation sites is 2. The SMILES string of the molecule is O=C(c1ccc(Br)cc1)C1C(C(=O)c2ccc3c(c2)OCO3)C2(C(=O)Nc3ccccc32)C2C=Cc3ccccc3N12. The van der Waals surface area contributed by atoms with Crippen molar-refractivity contribution < 1.29 is 23.9 Å². The fraction of sp³-hybridized carbons (Fsp3) is 0.147. The van der Waals surface area contributed by atoms with Crippen LogP contribution in [0.2, 0.25) is 0 Å². The smallest absolute Gasteiger partial charge is 0.238 e. The van der Waals surface area contributed by atoms with Gasteiger partial charge in [-0.25, -0.2) is 0 Å². The van der Waals surface area contributed by atoms with E-state index < -0.39 is 23.4 Å². The van der Waals surface area contributed by atoms with Crippen LogP contribution in [0.5, 0.6) is 11.5 Å². The van der Waals surface area contributed by atoms with Crippen LogP contribution in [0.15, 0.2) is 102 Å². The van der Waals surface area contributed by atoms with E-state index in [2.05, 4.69) is 21.2 Å². The summed E-state index contributed by atoms with van der Waals surface area (Å²) in [5.41, 5.74) is 2.52. The van der Waals surface area contributed by atoms with E-state index in [1.54, 1.807) is 30.3 Å². The Bertz CT molecular complexity index is 1850. The fourth-order valence-electron chi connectivity index (χ4n) is 7.13. The molecule has 0 aromatic heterocycles. The first kappa shape index (κ1) is 25.1. The molecule has 42 heavy (non-hydrogen) atoms. The molecule has 1 amide bonds. The molecule has 1 N–H and O–H groups in total. The highest BCUT2D eigenvalue weighted by Gasteiger charge is 2.70. The summed E-state index contributed by atoms with van der Waals surface area (Å²) in [7, 11) is 0. The molecule has 0 radical (unpaired) electrons. The molecular formula is C34H23BrN2O5. The van der Waals surface area contributed by atoms with Crippen molar-refractivity contribution in [2.75, 3.05) is 17.0 Å². The van der Waals surface area contributed by atoms with Crippen molar-refractivity contribution in [2.24, 2.45) is 5.92 Å². The van der Waals surface area contributed by atoms with Crippen molar-refractivity contribution in [3.8, 4) is 11.5 Å². The maximum absolute atomic E-state index is 14.9. The van der Waals surface area contributed by atoms with Gasteiger partial charge in [0.05, 0.1) is 12.0 Å². The molecular weight excluding hydrogens is 596 g/mol. The van der Waals surface area contributed by atoms with Crippen LogP contribution in [-0.2, 0) is 10.2 Å². The van der Waals surface area contributed by atoms with Gasteiger partial charge in [-0.3, -0.25) is 14.4 Å². The van der Waals surface area contributed by atoms with Crippen molar-refractivity contribution in [3.63, 3.8) is 0 Å². The molecule has 7 nitrogen and oxygen atoms in total. The fourth-order valence-corrected chi connectivity index (χ4v) is 7.40. The van der Waals surface area contributed by atoms with Crippen LogP contribution in [0, 0.1) is 5.92 Å². The normalized spacial score (nSPS) is 24.3. The zero-order valence-corrected chi connectivity index (χ0v) is 23.7. The number of anilines is 2. The predicted octanol–water partition coefficient (Wildman–Crippen LogP) is 6.03. The van der Waals surface area contributed by atoms with Crippen molar-refractivity contribution in [2.45, 2.75) is 17.5 Å². The van der Waals surface area contributed by atoms with Crippen molar-refractivity contribution in [1.82, 2.24) is 0 Å². The molecule has 206 valence electrons. The Hall–Kier alpha value is -4.69. The average molecular weight is 619 g/mol. The van der Waals surface area contributed by atoms with Crippen molar-refractivity contribution in [3.05, 3.63) is 124 Å². The minimum Gasteiger partial charge on any atom is -0.454 e. The van der Waals surface area contributed by atoms with Gasteiger partial charge in [0.25, 0.3) is 0 Å². The zero-order chi connectivity index (χ0) is 28.6. The van der Waals surface area contributed by atoms with Crippen LogP contribution in [0.25, 0.3) is 6.08 Å². The van der Waals surface area contributed by atoms with Crippen LogP contribution < -0.4 is 19.7 Å². The van der Waals surface area contributed by atoms with Crippen LogP contribution in [0.1, 0.15) is 31.8 Å². The van der Waals surface area contributed by atoms with Gasteiger partial charge in [-0.15, -0.1) is 0 Å². The maximum Gasteiger partial charge on any atom is 0.238 e. The topological polar surface area (TPSA) is 84.9 Å². The molecule has 0 saturated carbocycles. The van der Waals surface area contributed by atoms with Gasteiger partial charge in [0.2, 0.25) is 12.7 Å². The number of nitrogens with one attached hydrogen (secondary N) is 1. The van der Waals surface area contributed by atoms with Crippen LogP contribution in [0.3, 0.4) is 0 Å². The summed E-state index contributed by atoms with van der Waals surface area (Å²) >= 11 is 3.46. The summed E-state index contributed by atoms with van der Waals surface area (Å²) in [5.74, 6) is -0.885. The Morgan fingerprint density at radius 3 is 2.45 bits per heavy atom. The minimum atomic E-state index is -1.37. The van der Waals surface area contributed by atoms with E-state index in [1.807, 2.05) is 77.7 Å². The lowest BCUT2D eigenvalue weighted by Gasteiger charge is -2.37. The second kappa shape index (κ2) is 9.16. The highest BCUT2D eigenvalue weighted by atomic mass is 79.9. The number of rotatable bonds is 4.